The van der Waals surface area contributed by atoms with E-state index in [4.69, 9.17) is 11.6 Å². The van der Waals surface area contributed by atoms with Gasteiger partial charge in [-0.15, -0.1) is 11.3 Å². The quantitative estimate of drug-likeness (QED) is 0.793. The van der Waals surface area contributed by atoms with Crippen molar-refractivity contribution in [3.8, 4) is 0 Å². The third-order valence-corrected chi connectivity index (χ3v) is 5.56. The Bertz CT molecular complexity index is 360. The molecule has 0 atom stereocenters. The zero-order chi connectivity index (χ0) is 13.3. The first kappa shape index (κ1) is 15.5. The molecular weight excluding hydrogens is 318 g/mol. The molecule has 0 fully saturated rings. The average Bonchev–Trinajstić information content (AvgIpc) is 2.45. The summed E-state index contributed by atoms with van der Waals surface area (Å²) in [5, 5.41) is 3.53. The Balaban J connectivity index is 2.62. The van der Waals surface area contributed by atoms with Gasteiger partial charge in [0.25, 0.3) is 0 Å². The lowest BCUT2D eigenvalue weighted by molar-refractivity contribution is 0.382. The largest absolute Gasteiger partial charge is 0.312 e. The molecule has 1 N–H and O–H groups in total. The van der Waals surface area contributed by atoms with E-state index in [1.807, 2.05) is 0 Å². The molecule has 98 valence electrons. The van der Waals surface area contributed by atoms with Crippen LogP contribution in [0.2, 0.25) is 4.34 Å². The minimum Gasteiger partial charge on any atom is -0.312 e. The van der Waals surface area contributed by atoms with Gasteiger partial charge in [0.15, 0.2) is 0 Å². The second-order valence-corrected chi connectivity index (χ2v) is 8.55. The fourth-order valence-corrected chi connectivity index (χ4v) is 3.39. The van der Waals surface area contributed by atoms with Crippen molar-refractivity contribution in [1.29, 1.82) is 0 Å². The van der Waals surface area contributed by atoms with Crippen LogP contribution >= 0.6 is 38.9 Å². The van der Waals surface area contributed by atoms with Crippen LogP contribution < -0.4 is 5.32 Å². The number of halogens is 2. The van der Waals surface area contributed by atoms with Gasteiger partial charge in [-0.2, -0.15) is 0 Å². The highest BCUT2D eigenvalue weighted by molar-refractivity contribution is 9.10. The highest BCUT2D eigenvalue weighted by Gasteiger charge is 2.24. The zero-order valence-corrected chi connectivity index (χ0v) is 14.3. The Kier molecular flexibility index (Phi) is 5.10. The number of hydrogen-bond donors (Lipinski definition) is 1. The van der Waals surface area contributed by atoms with E-state index in [1.54, 1.807) is 11.3 Å². The minimum atomic E-state index is 0.165. The van der Waals surface area contributed by atoms with E-state index >= 15 is 0 Å². The van der Waals surface area contributed by atoms with E-state index in [9.17, 15) is 0 Å². The Morgan fingerprint density at radius 3 is 2.29 bits per heavy atom. The van der Waals surface area contributed by atoms with E-state index in [0.717, 1.165) is 21.8 Å². The van der Waals surface area contributed by atoms with Crippen molar-refractivity contribution < 1.29 is 0 Å². The molecule has 1 nitrogen and oxygen atoms in total. The zero-order valence-electron chi connectivity index (χ0n) is 11.2. The Morgan fingerprint density at radius 1 is 1.29 bits per heavy atom. The first-order chi connectivity index (χ1) is 7.62. The monoisotopic (exact) mass is 337 g/mol. The highest BCUT2D eigenvalue weighted by Crippen LogP contribution is 2.39. The average molecular weight is 339 g/mol. The second kappa shape index (κ2) is 5.60. The topological polar surface area (TPSA) is 12.0 Å². The third kappa shape index (κ3) is 4.90. The standard InChI is InChI=1S/C13H21BrClNS/c1-12(2,3)16-7-6-13(4,5)10-8-9(14)11(15)17-10/h8,16H,6-7H2,1-5H3. The molecular formula is C13H21BrClNS. The summed E-state index contributed by atoms with van der Waals surface area (Å²) in [7, 11) is 0. The van der Waals surface area contributed by atoms with Crippen molar-refractivity contribution in [3.05, 3.63) is 19.8 Å². The smallest absolute Gasteiger partial charge is 0.107 e. The van der Waals surface area contributed by atoms with Gasteiger partial charge in [-0.25, -0.2) is 0 Å². The molecule has 1 heterocycles. The summed E-state index contributed by atoms with van der Waals surface area (Å²) in [6.07, 6.45) is 1.10. The first-order valence-electron chi connectivity index (χ1n) is 5.82. The van der Waals surface area contributed by atoms with Crippen LogP contribution in [0.1, 0.15) is 45.9 Å². The molecule has 1 aromatic rings. The van der Waals surface area contributed by atoms with E-state index in [1.165, 1.54) is 4.88 Å². The van der Waals surface area contributed by atoms with E-state index in [2.05, 4.69) is 61.9 Å². The molecule has 0 radical (unpaired) electrons. The van der Waals surface area contributed by atoms with E-state index in [-0.39, 0.29) is 11.0 Å². The van der Waals surface area contributed by atoms with Crippen molar-refractivity contribution in [2.45, 2.75) is 52.0 Å². The summed E-state index contributed by atoms with van der Waals surface area (Å²) >= 11 is 11.2. The third-order valence-electron chi connectivity index (χ3n) is 2.72. The molecule has 0 unspecified atom stereocenters. The number of hydrogen-bond acceptors (Lipinski definition) is 2. The summed E-state index contributed by atoms with van der Waals surface area (Å²) in [5.74, 6) is 0. The van der Waals surface area contributed by atoms with Crippen LogP contribution in [-0.2, 0) is 5.41 Å². The summed E-state index contributed by atoms with van der Waals surface area (Å²) in [5.41, 5.74) is 0.350. The predicted octanol–water partition coefficient (Wildman–Crippen LogP) is 5.22. The van der Waals surface area contributed by atoms with Crippen LogP contribution in [0.25, 0.3) is 0 Å². The Hall–Kier alpha value is 0.430. The first-order valence-corrected chi connectivity index (χ1v) is 7.81. The molecule has 0 bridgehead atoms. The molecule has 0 saturated carbocycles. The van der Waals surface area contributed by atoms with Gasteiger partial charge in [0, 0.05) is 20.3 Å². The highest BCUT2D eigenvalue weighted by atomic mass is 79.9. The summed E-state index contributed by atoms with van der Waals surface area (Å²) in [4.78, 5) is 1.34. The molecule has 0 spiro atoms. The van der Waals surface area contributed by atoms with E-state index < -0.39 is 0 Å². The lowest BCUT2D eigenvalue weighted by atomic mass is 9.87. The lowest BCUT2D eigenvalue weighted by Crippen LogP contribution is -2.38. The van der Waals surface area contributed by atoms with Gasteiger partial charge in [0.05, 0.1) is 0 Å². The SMILES string of the molecule is CC(C)(C)NCCC(C)(C)c1cc(Br)c(Cl)s1. The van der Waals surface area contributed by atoms with Crippen LogP contribution in [0, 0.1) is 0 Å². The molecule has 17 heavy (non-hydrogen) atoms. The Labute approximate surface area is 122 Å². The summed E-state index contributed by atoms with van der Waals surface area (Å²) in [6, 6.07) is 2.14. The maximum atomic E-state index is 6.10. The van der Waals surface area contributed by atoms with Gasteiger partial charge in [0.1, 0.15) is 4.34 Å². The molecule has 1 rings (SSSR count). The van der Waals surface area contributed by atoms with Crippen molar-refractivity contribution in [1.82, 2.24) is 5.32 Å². The van der Waals surface area contributed by atoms with Gasteiger partial charge in [0.2, 0.25) is 0 Å². The van der Waals surface area contributed by atoms with Gasteiger partial charge in [-0.1, -0.05) is 25.4 Å². The van der Waals surface area contributed by atoms with Crippen LogP contribution in [0.15, 0.2) is 10.5 Å². The lowest BCUT2D eigenvalue weighted by Gasteiger charge is -2.27. The molecule has 0 aromatic carbocycles. The molecule has 1 aromatic heterocycles. The minimum absolute atomic E-state index is 0.165. The van der Waals surface area contributed by atoms with Gasteiger partial charge in [-0.05, 0) is 55.7 Å². The van der Waals surface area contributed by atoms with Gasteiger partial charge >= 0.3 is 0 Å². The van der Waals surface area contributed by atoms with Crippen LogP contribution in [-0.4, -0.2) is 12.1 Å². The molecule has 0 saturated heterocycles. The van der Waals surface area contributed by atoms with Crippen molar-refractivity contribution >= 4 is 38.9 Å². The van der Waals surface area contributed by atoms with Gasteiger partial charge in [-0.3, -0.25) is 0 Å². The molecule has 4 heteroatoms. The van der Waals surface area contributed by atoms with Crippen LogP contribution in [0.4, 0.5) is 0 Å². The molecule has 0 aliphatic heterocycles. The molecule has 0 aliphatic carbocycles. The number of thiophene rings is 1. The normalized spacial score (nSPS) is 13.1. The van der Waals surface area contributed by atoms with Crippen LogP contribution in [0.3, 0.4) is 0 Å². The summed E-state index contributed by atoms with van der Waals surface area (Å²) in [6.45, 7) is 12.1. The fraction of sp³-hybridized carbons (Fsp3) is 0.692. The Morgan fingerprint density at radius 2 is 1.88 bits per heavy atom. The van der Waals surface area contributed by atoms with Crippen molar-refractivity contribution in [3.63, 3.8) is 0 Å². The second-order valence-electron chi connectivity index (χ2n) is 6.04. The van der Waals surface area contributed by atoms with Crippen molar-refractivity contribution in [2.75, 3.05) is 6.54 Å². The predicted molar refractivity (Wildman–Crippen MR) is 82.4 cm³/mol. The van der Waals surface area contributed by atoms with Crippen molar-refractivity contribution in [2.24, 2.45) is 0 Å². The number of nitrogens with one attached hydrogen (secondary N) is 1. The fourth-order valence-electron chi connectivity index (χ4n) is 1.55. The van der Waals surface area contributed by atoms with Crippen LogP contribution in [0.5, 0.6) is 0 Å². The molecule has 0 amide bonds. The van der Waals surface area contributed by atoms with Gasteiger partial charge < -0.3 is 5.32 Å². The maximum Gasteiger partial charge on any atom is 0.107 e. The maximum absolute atomic E-state index is 6.10. The summed E-state index contributed by atoms with van der Waals surface area (Å²) < 4.78 is 1.85. The van der Waals surface area contributed by atoms with E-state index in [0.29, 0.717) is 0 Å². The number of rotatable bonds is 4. The molecule has 0 aliphatic rings.